The van der Waals surface area contributed by atoms with Gasteiger partial charge in [0.25, 0.3) is 0 Å². The van der Waals surface area contributed by atoms with Crippen LogP contribution in [0, 0.1) is 0 Å². The molecule has 1 saturated heterocycles. The van der Waals surface area contributed by atoms with Crippen molar-refractivity contribution >= 4 is 10.9 Å². The molecule has 1 aliphatic heterocycles. The van der Waals surface area contributed by atoms with Crippen LogP contribution in [0.25, 0.3) is 0 Å². The van der Waals surface area contributed by atoms with Crippen LogP contribution in [0.2, 0.25) is 0 Å². The minimum absolute atomic E-state index is 0. The van der Waals surface area contributed by atoms with E-state index in [0.717, 1.165) is 0 Å². The Morgan fingerprint density at radius 3 is 2.50 bits per heavy atom. The van der Waals surface area contributed by atoms with Gasteiger partial charge >= 0.3 is 0 Å². The van der Waals surface area contributed by atoms with Gasteiger partial charge in [-0.05, 0) is 6.92 Å². The van der Waals surface area contributed by atoms with E-state index >= 15 is 0 Å². The van der Waals surface area contributed by atoms with Crippen LogP contribution in [0.15, 0.2) is 0 Å². The molecule has 2 atom stereocenters. The molecule has 1 aliphatic rings. The predicted octanol–water partition coefficient (Wildman–Crippen LogP) is -3.00. The van der Waals surface area contributed by atoms with Crippen molar-refractivity contribution in [2.45, 2.75) is 12.2 Å². The lowest BCUT2D eigenvalue weighted by Gasteiger charge is -1.75. The highest BCUT2D eigenvalue weighted by Gasteiger charge is 2.47. The Labute approximate surface area is 59.2 Å². The van der Waals surface area contributed by atoms with E-state index in [2.05, 4.69) is 6.92 Å². The van der Waals surface area contributed by atoms with Crippen molar-refractivity contribution in [2.24, 2.45) is 0 Å². The van der Waals surface area contributed by atoms with Gasteiger partial charge in [-0.2, -0.15) is 0 Å². The molecule has 0 bridgehead atoms. The lowest BCUT2D eigenvalue weighted by molar-refractivity contribution is -0.00000251. The number of aliphatic hydroxyl groups is 1. The van der Waals surface area contributed by atoms with Gasteiger partial charge in [0.2, 0.25) is 0 Å². The van der Waals surface area contributed by atoms with Crippen LogP contribution in [0.3, 0.4) is 0 Å². The maximum atomic E-state index is 8.51. The van der Waals surface area contributed by atoms with Crippen LogP contribution in [-0.4, -0.2) is 28.5 Å². The molecule has 0 aromatic carbocycles. The van der Waals surface area contributed by atoms with Crippen LogP contribution in [0.5, 0.6) is 0 Å². The van der Waals surface area contributed by atoms with E-state index in [9.17, 15) is 0 Å². The number of hydrogen-bond donors (Lipinski definition) is 1. The molecule has 1 nitrogen and oxygen atoms in total. The summed E-state index contributed by atoms with van der Waals surface area (Å²) in [5.74, 6) is 2.58. The Kier molecular flexibility index (Phi) is 3.86. The van der Waals surface area contributed by atoms with Gasteiger partial charge in [0.15, 0.2) is 11.0 Å². The van der Waals surface area contributed by atoms with Gasteiger partial charge in [0.05, 0.1) is 6.61 Å². The smallest absolute Gasteiger partial charge is 0.185 e. The van der Waals surface area contributed by atoms with Crippen LogP contribution >= 0.6 is 0 Å². The third kappa shape index (κ3) is 1.84. The Morgan fingerprint density at radius 2 is 2.38 bits per heavy atom. The van der Waals surface area contributed by atoms with Crippen molar-refractivity contribution in [3.8, 4) is 0 Å². The highest BCUT2D eigenvalue weighted by Crippen LogP contribution is 2.23. The van der Waals surface area contributed by atoms with Crippen molar-refractivity contribution in [3.63, 3.8) is 0 Å². The highest BCUT2D eigenvalue weighted by molar-refractivity contribution is 8.04. The topological polar surface area (TPSA) is 20.2 Å². The average molecular weight is 155 g/mol. The third-order valence-corrected chi connectivity index (χ3v) is 3.73. The van der Waals surface area contributed by atoms with Gasteiger partial charge in [0, 0.05) is 10.9 Å². The molecule has 0 aliphatic carbocycles. The molecular weight excluding hydrogens is 144 g/mol. The summed E-state index contributed by atoms with van der Waals surface area (Å²) < 4.78 is 0. The highest BCUT2D eigenvalue weighted by atomic mass is 35.5. The largest absolute Gasteiger partial charge is 1.00 e. The molecule has 0 saturated carbocycles. The SMILES string of the molecule is CC[S+]1CC1CO.[Cl-]. The van der Waals surface area contributed by atoms with Crippen LogP contribution in [0.4, 0.5) is 0 Å². The quantitative estimate of drug-likeness (QED) is 0.332. The molecule has 8 heavy (non-hydrogen) atoms. The molecule has 0 spiro atoms. The van der Waals surface area contributed by atoms with E-state index in [1.807, 2.05) is 0 Å². The summed E-state index contributed by atoms with van der Waals surface area (Å²) in [6, 6.07) is 0. The van der Waals surface area contributed by atoms with Gasteiger partial charge in [-0.3, -0.25) is 0 Å². The second-order valence-electron chi connectivity index (χ2n) is 1.80. The van der Waals surface area contributed by atoms with E-state index in [-0.39, 0.29) is 12.4 Å². The number of hydrogen-bond acceptors (Lipinski definition) is 1. The molecule has 0 amide bonds. The normalized spacial score (nSPS) is 33.8. The van der Waals surface area contributed by atoms with Crippen LogP contribution < -0.4 is 12.4 Å². The fourth-order valence-corrected chi connectivity index (χ4v) is 2.42. The summed E-state index contributed by atoms with van der Waals surface area (Å²) in [4.78, 5) is 0. The van der Waals surface area contributed by atoms with E-state index < -0.39 is 0 Å². The first-order valence-electron chi connectivity index (χ1n) is 2.65. The minimum Gasteiger partial charge on any atom is -1.00 e. The molecule has 50 valence electrons. The summed E-state index contributed by atoms with van der Waals surface area (Å²) in [6.45, 7) is 2.62. The summed E-state index contributed by atoms with van der Waals surface area (Å²) in [7, 11) is 0.640. The summed E-state index contributed by atoms with van der Waals surface area (Å²) in [6.07, 6.45) is 0. The van der Waals surface area contributed by atoms with Gasteiger partial charge < -0.3 is 17.5 Å². The zero-order valence-corrected chi connectivity index (χ0v) is 6.50. The van der Waals surface area contributed by atoms with Crippen molar-refractivity contribution in [3.05, 3.63) is 0 Å². The maximum Gasteiger partial charge on any atom is 0.185 e. The van der Waals surface area contributed by atoms with Gasteiger partial charge in [-0.25, -0.2) is 0 Å². The number of rotatable bonds is 2. The summed E-state index contributed by atoms with van der Waals surface area (Å²) in [5, 5.41) is 9.21. The molecule has 2 unspecified atom stereocenters. The van der Waals surface area contributed by atoms with Crippen molar-refractivity contribution < 1.29 is 17.5 Å². The van der Waals surface area contributed by atoms with E-state index in [0.29, 0.717) is 22.8 Å². The fraction of sp³-hybridized carbons (Fsp3) is 1.00. The predicted molar refractivity (Wildman–Crippen MR) is 33.6 cm³/mol. The first-order valence-corrected chi connectivity index (χ1v) is 4.28. The monoisotopic (exact) mass is 154 g/mol. The molecule has 0 aromatic heterocycles. The lowest BCUT2D eigenvalue weighted by Crippen LogP contribution is -3.00. The molecule has 1 fully saturated rings. The first-order chi connectivity index (χ1) is 3.38. The molecule has 0 aromatic rings. The second kappa shape index (κ2) is 3.59. The molecule has 3 heteroatoms. The molecule has 1 N–H and O–H groups in total. The van der Waals surface area contributed by atoms with Gasteiger partial charge in [0.1, 0.15) is 5.75 Å². The fourth-order valence-electron chi connectivity index (χ4n) is 0.711. The second-order valence-corrected chi connectivity index (χ2v) is 4.45. The van der Waals surface area contributed by atoms with E-state index in [1.54, 1.807) is 0 Å². The standard InChI is InChI=1S/C5H11OS.ClH/c1-2-7-4-5(7)3-6;/h5-6H,2-4H2,1H3;1H/q+1;/p-1. The zero-order valence-electron chi connectivity index (χ0n) is 4.93. The Morgan fingerprint density at radius 1 is 1.75 bits per heavy atom. The minimum atomic E-state index is 0. The summed E-state index contributed by atoms with van der Waals surface area (Å²) in [5.41, 5.74) is 0. The lowest BCUT2D eigenvalue weighted by atomic mass is 10.5. The Hall–Kier alpha value is 0.600. The van der Waals surface area contributed by atoms with Crippen molar-refractivity contribution in [1.82, 2.24) is 0 Å². The van der Waals surface area contributed by atoms with Crippen LogP contribution in [-0.2, 0) is 10.9 Å². The number of aliphatic hydroxyl groups excluding tert-OH is 1. The van der Waals surface area contributed by atoms with Crippen molar-refractivity contribution in [2.75, 3.05) is 18.1 Å². The van der Waals surface area contributed by atoms with Crippen molar-refractivity contribution in [1.29, 1.82) is 0 Å². The molecule has 1 heterocycles. The van der Waals surface area contributed by atoms with E-state index in [4.69, 9.17) is 5.11 Å². The van der Waals surface area contributed by atoms with E-state index in [1.165, 1.54) is 11.5 Å². The molecule has 0 radical (unpaired) electrons. The Bertz CT molecular complexity index is 61.4. The number of halogens is 1. The van der Waals surface area contributed by atoms with Gasteiger partial charge in [-0.15, -0.1) is 0 Å². The maximum absolute atomic E-state index is 8.51. The Balaban J connectivity index is 0.000000490. The summed E-state index contributed by atoms with van der Waals surface area (Å²) >= 11 is 0. The molecule has 1 rings (SSSR count). The van der Waals surface area contributed by atoms with Crippen LogP contribution in [0.1, 0.15) is 6.92 Å². The third-order valence-electron chi connectivity index (χ3n) is 1.33. The van der Waals surface area contributed by atoms with Gasteiger partial charge in [-0.1, -0.05) is 0 Å². The first kappa shape index (κ1) is 8.60. The average Bonchev–Trinajstić information content (AvgIpc) is 2.43. The molecular formula is C5H11ClOS. The zero-order chi connectivity index (χ0) is 5.28.